The van der Waals surface area contributed by atoms with Gasteiger partial charge >= 0.3 is 5.69 Å². The van der Waals surface area contributed by atoms with Gasteiger partial charge in [0.1, 0.15) is 5.84 Å². The molecule has 3 N–H and O–H groups in total. The van der Waals surface area contributed by atoms with Crippen molar-refractivity contribution in [2.45, 2.75) is 36.9 Å². The molecule has 1 fully saturated rings. The largest absolute Gasteiger partial charge is 0.326 e. The molecule has 5 aromatic rings. The molecular weight excluding hydrogens is 560 g/mol. The summed E-state index contributed by atoms with van der Waals surface area (Å²) in [6, 6.07) is 31.4. The van der Waals surface area contributed by atoms with Gasteiger partial charge in [-0.2, -0.15) is 0 Å². The number of aromatic amines is 1. The van der Waals surface area contributed by atoms with Crippen LogP contribution in [0.4, 0.5) is 11.4 Å². The zero-order valence-corrected chi connectivity index (χ0v) is 24.4. The summed E-state index contributed by atoms with van der Waals surface area (Å²) in [5.74, 6) is 0.804. The first-order valence-corrected chi connectivity index (χ1v) is 16.0. The lowest BCUT2D eigenvalue weighted by Crippen LogP contribution is -2.36. The van der Waals surface area contributed by atoms with Crippen LogP contribution in [0.3, 0.4) is 0 Å². The molecule has 1 aromatic heterocycles. The number of aliphatic imine (C=N–C) groups is 1. The molecule has 2 aliphatic rings. The van der Waals surface area contributed by atoms with Gasteiger partial charge in [0.05, 0.1) is 28.2 Å². The predicted octanol–water partition coefficient (Wildman–Crippen LogP) is 4.91. The van der Waals surface area contributed by atoms with Crippen molar-refractivity contribution >= 4 is 38.3 Å². The van der Waals surface area contributed by atoms with Crippen molar-refractivity contribution in [1.29, 1.82) is 0 Å². The first kappa shape index (κ1) is 27.3. The zero-order valence-electron chi connectivity index (χ0n) is 23.6. The maximum Gasteiger partial charge on any atom is 0.326 e. The summed E-state index contributed by atoms with van der Waals surface area (Å²) in [5, 5.41) is 5.41. The Labute approximate surface area is 250 Å². The van der Waals surface area contributed by atoms with Crippen molar-refractivity contribution in [1.82, 2.24) is 14.5 Å². The maximum absolute atomic E-state index is 12.7. The molecule has 7 rings (SSSR count). The van der Waals surface area contributed by atoms with E-state index in [-0.39, 0.29) is 16.6 Å². The van der Waals surface area contributed by atoms with Crippen LogP contribution in [0.25, 0.3) is 11.0 Å². The average Bonchev–Trinajstić information content (AvgIpc) is 3.36. The average molecular weight is 593 g/mol. The van der Waals surface area contributed by atoms with Gasteiger partial charge in [0.15, 0.2) is 0 Å². The highest BCUT2D eigenvalue weighted by atomic mass is 32.2. The van der Waals surface area contributed by atoms with E-state index in [0.717, 1.165) is 71.8 Å². The van der Waals surface area contributed by atoms with E-state index in [1.807, 2.05) is 59.2 Å². The third kappa shape index (κ3) is 5.40. The Morgan fingerprint density at radius 2 is 1.60 bits per heavy atom. The summed E-state index contributed by atoms with van der Waals surface area (Å²) in [5.41, 5.74) is 6.51. The highest BCUT2D eigenvalue weighted by Gasteiger charge is 2.26. The molecule has 4 aromatic carbocycles. The zero-order chi connectivity index (χ0) is 29.6. The molecule has 0 bridgehead atoms. The number of rotatable bonds is 6. The number of para-hydroxylation sites is 2. The number of amidine groups is 1. The number of fused-ring (bicyclic) bond motifs is 2. The number of imidazole rings is 1. The minimum atomic E-state index is -3.82. The summed E-state index contributed by atoms with van der Waals surface area (Å²) >= 11 is 0. The number of nitrogens with one attached hydrogen (secondary N) is 1. The number of aromatic nitrogens is 2. The number of likely N-dealkylation sites (tertiary alicyclic amines) is 1. The first-order valence-electron chi connectivity index (χ1n) is 14.4. The van der Waals surface area contributed by atoms with Crippen molar-refractivity contribution in [3.8, 4) is 0 Å². The van der Waals surface area contributed by atoms with E-state index < -0.39 is 10.0 Å². The number of hydrogen-bond acceptors (Lipinski definition) is 6. The first-order chi connectivity index (χ1) is 20.8. The van der Waals surface area contributed by atoms with Gasteiger partial charge in [-0.25, -0.2) is 23.3 Å². The van der Waals surface area contributed by atoms with Gasteiger partial charge in [0, 0.05) is 36.9 Å². The van der Waals surface area contributed by atoms with E-state index in [9.17, 15) is 13.2 Å². The lowest BCUT2D eigenvalue weighted by atomic mass is 10.0. The van der Waals surface area contributed by atoms with E-state index in [4.69, 9.17) is 10.1 Å². The Bertz CT molecular complexity index is 1990. The molecule has 0 atom stereocenters. The van der Waals surface area contributed by atoms with E-state index in [1.54, 1.807) is 12.1 Å². The van der Waals surface area contributed by atoms with Crippen LogP contribution in [-0.2, 0) is 23.1 Å². The van der Waals surface area contributed by atoms with Crippen LogP contribution in [-0.4, -0.2) is 41.8 Å². The van der Waals surface area contributed by atoms with Crippen molar-refractivity contribution in [2.75, 3.05) is 18.0 Å². The maximum atomic E-state index is 12.7. The summed E-state index contributed by atoms with van der Waals surface area (Å²) in [7, 11) is -3.82. The fraction of sp³-hybridized carbons (Fsp3) is 0.212. The van der Waals surface area contributed by atoms with E-state index in [1.165, 1.54) is 11.6 Å². The minimum absolute atomic E-state index is 0.0325. The van der Waals surface area contributed by atoms with Crippen LogP contribution in [0.5, 0.6) is 0 Å². The molecular formula is C33H32N6O3S. The molecule has 0 spiro atoms. The molecule has 43 heavy (non-hydrogen) atoms. The van der Waals surface area contributed by atoms with Crippen molar-refractivity contribution in [3.05, 3.63) is 124 Å². The summed E-state index contributed by atoms with van der Waals surface area (Å²) in [4.78, 5) is 25.2. The highest BCUT2D eigenvalue weighted by Crippen LogP contribution is 2.33. The minimum Gasteiger partial charge on any atom is -0.321 e. The van der Waals surface area contributed by atoms with Gasteiger partial charge in [-0.05, 0) is 66.4 Å². The number of piperidine rings is 1. The lowest BCUT2D eigenvalue weighted by Gasteiger charge is -2.33. The third-order valence-corrected chi connectivity index (χ3v) is 9.33. The van der Waals surface area contributed by atoms with Crippen LogP contribution < -0.4 is 15.7 Å². The predicted molar refractivity (Wildman–Crippen MR) is 169 cm³/mol. The molecule has 2 aliphatic heterocycles. The molecule has 0 saturated carbocycles. The highest BCUT2D eigenvalue weighted by molar-refractivity contribution is 7.89. The Balaban J connectivity index is 1.09. The Kier molecular flexibility index (Phi) is 6.97. The molecule has 0 unspecified atom stereocenters. The molecule has 0 amide bonds. The molecule has 10 heteroatoms. The van der Waals surface area contributed by atoms with Crippen molar-refractivity contribution < 1.29 is 8.42 Å². The number of sulfonamides is 1. The standard InChI is InChI=1S/C33H32N6O3S/c34-43(41,42)28-14-15-29-25(20-28)22-38(32(35-29)24-6-2-1-3-7-24)26-12-10-23(11-13-26)21-37-18-16-27(17-19-37)39-31-9-5-4-8-30(31)36-33(39)40/h1-15,20,27H,16-19,21-22H2,(H,36,40)(H2,34,41,42). The van der Waals surface area contributed by atoms with Gasteiger partial charge in [0.2, 0.25) is 10.0 Å². The Morgan fingerprint density at radius 1 is 0.884 bits per heavy atom. The van der Waals surface area contributed by atoms with Crippen LogP contribution in [0, 0.1) is 0 Å². The third-order valence-electron chi connectivity index (χ3n) is 8.42. The second-order valence-electron chi connectivity index (χ2n) is 11.2. The molecule has 218 valence electrons. The number of anilines is 1. The normalized spacial score (nSPS) is 16.3. The SMILES string of the molecule is NS(=O)(=O)c1ccc2c(c1)CN(c1ccc(CN3CCC(n4c(=O)[nH]c5ccccc54)CC3)cc1)C(c1ccccc1)=N2. The van der Waals surface area contributed by atoms with E-state index >= 15 is 0 Å². The van der Waals surface area contributed by atoms with Gasteiger partial charge < -0.3 is 9.88 Å². The second kappa shape index (κ2) is 11.0. The van der Waals surface area contributed by atoms with Gasteiger partial charge in [-0.3, -0.25) is 9.47 Å². The van der Waals surface area contributed by atoms with Gasteiger partial charge in [0.25, 0.3) is 0 Å². The summed E-state index contributed by atoms with van der Waals surface area (Å²) in [6.07, 6.45) is 1.84. The second-order valence-corrected chi connectivity index (χ2v) is 12.8. The van der Waals surface area contributed by atoms with Crippen molar-refractivity contribution in [2.24, 2.45) is 10.1 Å². The number of nitrogens with two attached hydrogens (primary N) is 1. The van der Waals surface area contributed by atoms with Crippen LogP contribution in [0.1, 0.15) is 35.6 Å². The summed E-state index contributed by atoms with van der Waals surface area (Å²) in [6.45, 7) is 3.12. The number of H-pyrrole nitrogens is 1. The monoisotopic (exact) mass is 592 g/mol. The molecule has 0 radical (unpaired) electrons. The molecule has 1 saturated heterocycles. The smallest absolute Gasteiger partial charge is 0.321 e. The van der Waals surface area contributed by atoms with E-state index in [0.29, 0.717) is 6.54 Å². The molecule has 9 nitrogen and oxygen atoms in total. The van der Waals surface area contributed by atoms with Crippen molar-refractivity contribution in [3.63, 3.8) is 0 Å². The molecule has 0 aliphatic carbocycles. The fourth-order valence-electron chi connectivity index (χ4n) is 6.23. The number of benzene rings is 4. The lowest BCUT2D eigenvalue weighted by molar-refractivity contribution is 0.180. The van der Waals surface area contributed by atoms with Gasteiger partial charge in [-0.15, -0.1) is 0 Å². The number of hydrogen-bond donors (Lipinski definition) is 2. The quantitative estimate of drug-likeness (QED) is 0.291. The Hall–Kier alpha value is -4.51. The van der Waals surface area contributed by atoms with E-state index in [2.05, 4.69) is 39.0 Å². The van der Waals surface area contributed by atoms with Crippen LogP contribution in [0.2, 0.25) is 0 Å². The van der Waals surface area contributed by atoms with Crippen LogP contribution in [0.15, 0.2) is 112 Å². The van der Waals surface area contributed by atoms with Gasteiger partial charge in [-0.1, -0.05) is 54.6 Å². The summed E-state index contributed by atoms with van der Waals surface area (Å²) < 4.78 is 25.9. The Morgan fingerprint density at radius 3 is 2.35 bits per heavy atom. The molecule has 3 heterocycles. The topological polar surface area (TPSA) is 117 Å². The number of primary sulfonamides is 1. The van der Waals surface area contributed by atoms with Crippen LogP contribution >= 0.6 is 0 Å². The number of nitrogens with zero attached hydrogens (tertiary/aromatic N) is 4. The fourth-order valence-corrected chi connectivity index (χ4v) is 6.79.